The molecule has 0 aliphatic heterocycles. The van der Waals surface area contributed by atoms with Crippen LogP contribution in [0.3, 0.4) is 0 Å². The summed E-state index contributed by atoms with van der Waals surface area (Å²) in [6, 6.07) is 9.41. The Bertz CT molecular complexity index is 682. The summed E-state index contributed by atoms with van der Waals surface area (Å²) < 4.78 is 6.33. The van der Waals surface area contributed by atoms with E-state index >= 15 is 0 Å². The van der Waals surface area contributed by atoms with Gasteiger partial charge in [-0.05, 0) is 0 Å². The van der Waals surface area contributed by atoms with Crippen molar-refractivity contribution in [3.8, 4) is 0 Å². The molecule has 0 saturated heterocycles. The van der Waals surface area contributed by atoms with Gasteiger partial charge in [-0.3, -0.25) is 0 Å². The molecule has 0 bridgehead atoms. The largest absolute Gasteiger partial charge is 1.00 e. The molecule has 0 amide bonds. The number of benzene rings is 1. The molecule has 0 N–H and O–H groups in total. The number of carbonyl (C=O) groups excluding carboxylic acids is 1. The van der Waals surface area contributed by atoms with E-state index in [4.69, 9.17) is 3.32 Å². The van der Waals surface area contributed by atoms with Crippen molar-refractivity contribution >= 4 is 5.97 Å². The van der Waals surface area contributed by atoms with Gasteiger partial charge in [0.05, 0.1) is 0 Å². The van der Waals surface area contributed by atoms with Crippen molar-refractivity contribution in [1.82, 2.24) is 0 Å². The first-order chi connectivity index (χ1) is 11.3. The topological polar surface area (TPSA) is 26.3 Å². The Morgan fingerprint density at radius 1 is 0.960 bits per heavy atom. The monoisotopic (exact) mass is 412 g/mol. The van der Waals surface area contributed by atoms with Crippen LogP contribution in [0.1, 0.15) is 61.7 Å². The van der Waals surface area contributed by atoms with E-state index in [1.165, 1.54) is 51.4 Å². The Balaban J connectivity index is 0.00000113. The van der Waals surface area contributed by atoms with Crippen molar-refractivity contribution in [3.05, 3.63) is 58.2 Å². The van der Waals surface area contributed by atoms with Gasteiger partial charge in [0.25, 0.3) is 0 Å². The second-order valence-corrected chi connectivity index (χ2v) is 8.56. The molecule has 1 aromatic carbocycles. The van der Waals surface area contributed by atoms with Crippen LogP contribution in [0.15, 0.2) is 52.6 Å². The molecule has 3 aliphatic carbocycles. The van der Waals surface area contributed by atoms with E-state index in [-0.39, 0.29) is 30.8 Å². The van der Waals surface area contributed by atoms with Gasteiger partial charge in [-0.15, -0.1) is 0 Å². The van der Waals surface area contributed by atoms with E-state index in [0.29, 0.717) is 9.79 Å². The molecule has 1 unspecified atom stereocenters. The van der Waals surface area contributed by atoms with E-state index in [2.05, 4.69) is 0 Å². The second-order valence-electron chi connectivity index (χ2n) is 6.79. The number of hydrogen-bond donors (Lipinski definition) is 0. The summed E-state index contributed by atoms with van der Waals surface area (Å²) in [5, 5.41) is 0. The Morgan fingerprint density at radius 3 is 2.48 bits per heavy atom. The maximum absolute atomic E-state index is 12.2. The minimum Gasteiger partial charge on any atom is -1.00 e. The summed E-state index contributed by atoms with van der Waals surface area (Å²) in [6.45, 7) is 0. The van der Waals surface area contributed by atoms with Crippen LogP contribution in [0, 0.1) is 0 Å². The van der Waals surface area contributed by atoms with Crippen LogP contribution in [-0.4, -0.2) is 5.97 Å². The first-order valence-corrected chi connectivity index (χ1v) is 10.3. The van der Waals surface area contributed by atoms with Crippen LogP contribution in [0.5, 0.6) is 0 Å². The maximum Gasteiger partial charge on any atom is -1.00 e. The van der Waals surface area contributed by atoms with Gasteiger partial charge in [0.1, 0.15) is 0 Å². The molecule has 4 rings (SSSR count). The molecule has 1 atom stereocenters. The van der Waals surface area contributed by atoms with Crippen molar-refractivity contribution in [2.45, 2.75) is 55.6 Å². The molecule has 25 heavy (non-hydrogen) atoms. The minimum absolute atomic E-state index is 0. The normalized spacial score (nSPS) is 21.4. The quantitative estimate of drug-likeness (QED) is 0.619. The summed E-state index contributed by atoms with van der Waals surface area (Å²) in [6.07, 6.45) is 10.3. The fourth-order valence-electron chi connectivity index (χ4n) is 4.25. The van der Waals surface area contributed by atoms with Gasteiger partial charge in [0, 0.05) is 0 Å². The number of rotatable bonds is 3. The maximum atomic E-state index is 12.2. The molecule has 0 radical (unpaired) electrons. The van der Waals surface area contributed by atoms with Gasteiger partial charge >= 0.3 is 147 Å². The predicted octanol–water partition coefficient (Wildman–Crippen LogP) is -0.608. The first-order valence-electron chi connectivity index (χ1n) is 8.78. The fraction of sp³-hybridized carbons (Fsp3) is 0.450. The zero-order valence-corrected chi connectivity index (χ0v) is 17.3. The SMILES string of the molecule is O=C([O][Ti+2][CH]1CCCC2=C1CC1=C2CCCC1)c1ccccc1.[Cl-].[Cl-]. The molecule has 0 fully saturated rings. The summed E-state index contributed by atoms with van der Waals surface area (Å²) >= 11 is -0.710. The van der Waals surface area contributed by atoms with Crippen LogP contribution in [0.2, 0.25) is 4.22 Å². The zero-order chi connectivity index (χ0) is 15.6. The molecular weight excluding hydrogens is 391 g/mol. The Morgan fingerprint density at radius 2 is 1.68 bits per heavy atom. The Labute approximate surface area is 171 Å². The summed E-state index contributed by atoms with van der Waals surface area (Å²) in [7, 11) is 0. The van der Waals surface area contributed by atoms with Crippen LogP contribution in [0.25, 0.3) is 0 Å². The van der Waals surface area contributed by atoms with Crippen LogP contribution < -0.4 is 24.8 Å². The van der Waals surface area contributed by atoms with Gasteiger partial charge in [0.2, 0.25) is 0 Å². The van der Waals surface area contributed by atoms with E-state index in [1.54, 1.807) is 22.3 Å². The molecule has 3 aliphatic rings. The van der Waals surface area contributed by atoms with Crippen molar-refractivity contribution in [1.29, 1.82) is 0 Å². The number of hydrogen-bond acceptors (Lipinski definition) is 2. The summed E-state index contributed by atoms with van der Waals surface area (Å²) in [5.41, 5.74) is 7.44. The number of halogens is 2. The molecule has 0 spiro atoms. The minimum atomic E-state index is -0.710. The van der Waals surface area contributed by atoms with Gasteiger partial charge in [-0.2, -0.15) is 0 Å². The Kier molecular flexibility index (Phi) is 7.82. The second kappa shape index (κ2) is 9.41. The molecular formula is C20H22Cl2O2Ti. The van der Waals surface area contributed by atoms with Crippen LogP contribution in [-0.2, 0) is 22.9 Å². The zero-order valence-electron chi connectivity index (χ0n) is 14.2. The summed E-state index contributed by atoms with van der Waals surface area (Å²) in [4.78, 5) is 12.2. The number of fused-ring (bicyclic) bond motifs is 1. The third kappa shape index (κ3) is 4.42. The van der Waals surface area contributed by atoms with Crippen molar-refractivity contribution in [3.63, 3.8) is 0 Å². The van der Waals surface area contributed by atoms with Crippen molar-refractivity contribution < 1.29 is 52.5 Å². The summed E-state index contributed by atoms with van der Waals surface area (Å²) in [5.74, 6) is -0.131. The van der Waals surface area contributed by atoms with Gasteiger partial charge < -0.3 is 24.8 Å². The number of carbonyl (C=O) groups is 1. The molecule has 1 aromatic rings. The number of allylic oxidation sites excluding steroid dienone is 4. The predicted molar refractivity (Wildman–Crippen MR) is 86.6 cm³/mol. The fourth-order valence-corrected chi connectivity index (χ4v) is 5.98. The molecule has 2 nitrogen and oxygen atoms in total. The van der Waals surface area contributed by atoms with Gasteiger partial charge in [-0.25, -0.2) is 0 Å². The third-order valence-electron chi connectivity index (χ3n) is 5.38. The van der Waals surface area contributed by atoms with Crippen molar-refractivity contribution in [2.24, 2.45) is 0 Å². The van der Waals surface area contributed by atoms with E-state index < -0.39 is 19.5 Å². The molecule has 132 valence electrons. The third-order valence-corrected chi connectivity index (χ3v) is 7.29. The Hall–Kier alpha value is -0.536. The standard InChI is InChI=1S/C13H17.C7H6O2.2ClH.Ti/c1-3-7-12-10(5-1)9-11-6-2-4-8-13(11)12;8-7(9)6-4-2-1-3-5-6;;;/h5H,1-4,6-9H2;1-5H,(H,8,9);2*1H;/q;;;;+3/p-3. The molecule has 0 saturated carbocycles. The first kappa shape index (κ1) is 20.8. The van der Waals surface area contributed by atoms with Gasteiger partial charge in [-0.1, -0.05) is 0 Å². The van der Waals surface area contributed by atoms with Gasteiger partial charge in [0.15, 0.2) is 0 Å². The van der Waals surface area contributed by atoms with E-state index in [9.17, 15) is 4.79 Å². The molecule has 0 heterocycles. The molecule has 5 heteroatoms. The van der Waals surface area contributed by atoms with Crippen LogP contribution in [0.4, 0.5) is 0 Å². The average Bonchev–Trinajstić information content (AvgIpc) is 3.00. The van der Waals surface area contributed by atoms with Crippen LogP contribution >= 0.6 is 0 Å². The van der Waals surface area contributed by atoms with E-state index in [0.717, 1.165) is 0 Å². The molecule has 0 aromatic heterocycles. The average molecular weight is 413 g/mol. The van der Waals surface area contributed by atoms with E-state index in [1.807, 2.05) is 30.3 Å². The van der Waals surface area contributed by atoms with Crippen molar-refractivity contribution in [2.75, 3.05) is 0 Å². The smallest absolute Gasteiger partial charge is 1.00 e.